The molecular formula is C12H25NO. The number of rotatable bonds is 6. The molecule has 1 fully saturated rings. The van der Waals surface area contributed by atoms with Gasteiger partial charge >= 0.3 is 0 Å². The summed E-state index contributed by atoms with van der Waals surface area (Å²) in [5, 5.41) is 8.98. The van der Waals surface area contributed by atoms with Gasteiger partial charge in [-0.3, -0.25) is 0 Å². The fraction of sp³-hybridized carbons (Fsp3) is 1.00. The van der Waals surface area contributed by atoms with Gasteiger partial charge < -0.3 is 10.0 Å². The second-order valence-corrected chi connectivity index (χ2v) is 4.40. The summed E-state index contributed by atoms with van der Waals surface area (Å²) in [6.07, 6.45) is 8.97. The van der Waals surface area contributed by atoms with E-state index in [0.29, 0.717) is 12.6 Å². The summed E-state index contributed by atoms with van der Waals surface area (Å²) in [4.78, 5) is 2.59. The molecule has 0 amide bonds. The lowest BCUT2D eigenvalue weighted by molar-refractivity contribution is 0.117. The second kappa shape index (κ2) is 7.24. The van der Waals surface area contributed by atoms with Crippen molar-refractivity contribution >= 4 is 0 Å². The molecule has 2 heteroatoms. The Morgan fingerprint density at radius 2 is 2.14 bits per heavy atom. The van der Waals surface area contributed by atoms with Crippen LogP contribution in [-0.4, -0.2) is 35.7 Å². The van der Waals surface area contributed by atoms with Crippen LogP contribution in [0.15, 0.2) is 0 Å². The van der Waals surface area contributed by atoms with Crippen LogP contribution in [0.4, 0.5) is 0 Å². The molecule has 1 N–H and O–H groups in total. The predicted octanol–water partition coefficient (Wildman–Crippen LogP) is 2.41. The van der Waals surface area contributed by atoms with E-state index in [2.05, 4.69) is 11.8 Å². The number of hydrogen-bond donors (Lipinski definition) is 1. The van der Waals surface area contributed by atoms with E-state index in [1.807, 2.05) is 0 Å². The van der Waals surface area contributed by atoms with Gasteiger partial charge in [0.1, 0.15) is 0 Å². The maximum atomic E-state index is 8.98. The molecule has 14 heavy (non-hydrogen) atoms. The minimum atomic E-state index is 0.356. The highest BCUT2D eigenvalue weighted by atomic mass is 16.3. The number of likely N-dealkylation sites (tertiary alicyclic amines) is 1. The van der Waals surface area contributed by atoms with E-state index in [0.717, 1.165) is 6.42 Å². The number of hydrogen-bond acceptors (Lipinski definition) is 2. The highest BCUT2D eigenvalue weighted by Crippen LogP contribution is 2.19. The lowest BCUT2D eigenvalue weighted by Gasteiger charge is -2.35. The van der Waals surface area contributed by atoms with E-state index < -0.39 is 0 Å². The third kappa shape index (κ3) is 3.97. The van der Waals surface area contributed by atoms with Gasteiger partial charge in [0.2, 0.25) is 0 Å². The van der Waals surface area contributed by atoms with Crippen LogP contribution in [0, 0.1) is 0 Å². The third-order valence-corrected chi connectivity index (χ3v) is 3.26. The molecule has 1 atom stereocenters. The van der Waals surface area contributed by atoms with Crippen LogP contribution < -0.4 is 0 Å². The molecule has 0 aromatic carbocycles. The van der Waals surface area contributed by atoms with Crippen LogP contribution >= 0.6 is 0 Å². The van der Waals surface area contributed by atoms with E-state index in [1.54, 1.807) is 0 Å². The smallest absolute Gasteiger partial charge is 0.0445 e. The fourth-order valence-electron chi connectivity index (χ4n) is 2.40. The average Bonchev–Trinajstić information content (AvgIpc) is 2.21. The van der Waals surface area contributed by atoms with Crippen molar-refractivity contribution in [3.8, 4) is 0 Å². The Morgan fingerprint density at radius 3 is 2.86 bits per heavy atom. The molecule has 0 saturated carbocycles. The van der Waals surface area contributed by atoms with Crippen molar-refractivity contribution in [2.45, 2.75) is 57.9 Å². The van der Waals surface area contributed by atoms with Gasteiger partial charge in [0.05, 0.1) is 0 Å². The Morgan fingerprint density at radius 1 is 1.29 bits per heavy atom. The Labute approximate surface area is 88.3 Å². The molecule has 0 bridgehead atoms. The highest BCUT2D eigenvalue weighted by molar-refractivity contribution is 4.76. The van der Waals surface area contributed by atoms with E-state index in [9.17, 15) is 0 Å². The zero-order chi connectivity index (χ0) is 10.2. The van der Waals surface area contributed by atoms with Crippen molar-refractivity contribution in [1.29, 1.82) is 0 Å². The first-order valence-electron chi connectivity index (χ1n) is 6.23. The van der Waals surface area contributed by atoms with Gasteiger partial charge in [0, 0.05) is 12.6 Å². The highest BCUT2D eigenvalue weighted by Gasteiger charge is 2.20. The average molecular weight is 199 g/mol. The van der Waals surface area contributed by atoms with Gasteiger partial charge in [-0.2, -0.15) is 0 Å². The van der Waals surface area contributed by atoms with Crippen LogP contribution in [0.1, 0.15) is 51.9 Å². The maximum Gasteiger partial charge on any atom is 0.0445 e. The minimum absolute atomic E-state index is 0.356. The molecule has 0 radical (unpaired) electrons. The summed E-state index contributed by atoms with van der Waals surface area (Å²) in [5.74, 6) is 0. The molecule has 0 aromatic rings. The Balaban J connectivity index is 2.22. The molecule has 0 aromatic heterocycles. The van der Waals surface area contributed by atoms with Gasteiger partial charge in [-0.15, -0.1) is 0 Å². The predicted molar refractivity (Wildman–Crippen MR) is 60.4 cm³/mol. The topological polar surface area (TPSA) is 23.5 Å². The molecule has 1 saturated heterocycles. The first-order valence-corrected chi connectivity index (χ1v) is 6.23. The number of aliphatic hydroxyl groups excluding tert-OH is 1. The molecule has 1 heterocycles. The van der Waals surface area contributed by atoms with Gasteiger partial charge in [0.25, 0.3) is 0 Å². The summed E-state index contributed by atoms with van der Waals surface area (Å²) in [6, 6.07) is 0.672. The number of unbranched alkanes of at least 4 members (excludes halogenated alkanes) is 2. The van der Waals surface area contributed by atoms with Gasteiger partial charge in [-0.05, 0) is 38.8 Å². The molecule has 0 spiro atoms. The Bertz CT molecular complexity index is 136. The molecule has 1 aliphatic heterocycles. The normalized spacial score (nSPS) is 24.0. The standard InChI is InChI=1S/C12H25NO/c1-2-3-5-9-13-10-6-4-7-12(13)8-11-14/h12,14H,2-11H2,1H3. The lowest BCUT2D eigenvalue weighted by Crippen LogP contribution is -2.40. The summed E-state index contributed by atoms with van der Waals surface area (Å²) < 4.78 is 0. The van der Waals surface area contributed by atoms with E-state index in [4.69, 9.17) is 5.11 Å². The zero-order valence-corrected chi connectivity index (χ0v) is 9.54. The van der Waals surface area contributed by atoms with E-state index >= 15 is 0 Å². The second-order valence-electron chi connectivity index (χ2n) is 4.40. The molecule has 1 unspecified atom stereocenters. The molecule has 1 rings (SSSR count). The fourth-order valence-corrected chi connectivity index (χ4v) is 2.40. The third-order valence-electron chi connectivity index (χ3n) is 3.26. The number of nitrogens with zero attached hydrogens (tertiary/aromatic N) is 1. The molecule has 2 nitrogen and oxygen atoms in total. The summed E-state index contributed by atoms with van der Waals surface area (Å²) in [5.41, 5.74) is 0. The summed E-state index contributed by atoms with van der Waals surface area (Å²) in [6.45, 7) is 5.11. The van der Waals surface area contributed by atoms with Crippen LogP contribution in [-0.2, 0) is 0 Å². The lowest BCUT2D eigenvalue weighted by atomic mass is 9.99. The van der Waals surface area contributed by atoms with Crippen molar-refractivity contribution < 1.29 is 5.11 Å². The van der Waals surface area contributed by atoms with Crippen molar-refractivity contribution in [1.82, 2.24) is 4.90 Å². The largest absolute Gasteiger partial charge is 0.396 e. The molecule has 1 aliphatic rings. The van der Waals surface area contributed by atoms with Crippen LogP contribution in [0.5, 0.6) is 0 Å². The van der Waals surface area contributed by atoms with Crippen LogP contribution in [0.25, 0.3) is 0 Å². The molecule has 0 aliphatic carbocycles. The van der Waals surface area contributed by atoms with Crippen molar-refractivity contribution in [2.24, 2.45) is 0 Å². The van der Waals surface area contributed by atoms with Gasteiger partial charge in [-0.1, -0.05) is 26.2 Å². The summed E-state index contributed by atoms with van der Waals surface area (Å²) >= 11 is 0. The summed E-state index contributed by atoms with van der Waals surface area (Å²) in [7, 11) is 0. The Kier molecular flexibility index (Phi) is 6.20. The molecular weight excluding hydrogens is 174 g/mol. The minimum Gasteiger partial charge on any atom is -0.396 e. The molecule has 84 valence electrons. The first-order chi connectivity index (χ1) is 6.88. The van der Waals surface area contributed by atoms with Crippen LogP contribution in [0.3, 0.4) is 0 Å². The van der Waals surface area contributed by atoms with Gasteiger partial charge in [0.15, 0.2) is 0 Å². The monoisotopic (exact) mass is 199 g/mol. The maximum absolute atomic E-state index is 8.98. The SMILES string of the molecule is CCCCCN1CCCCC1CCO. The Hall–Kier alpha value is -0.0800. The van der Waals surface area contributed by atoms with Crippen LogP contribution in [0.2, 0.25) is 0 Å². The number of piperidine rings is 1. The van der Waals surface area contributed by atoms with Gasteiger partial charge in [-0.25, -0.2) is 0 Å². The quantitative estimate of drug-likeness (QED) is 0.664. The van der Waals surface area contributed by atoms with Crippen molar-refractivity contribution in [2.75, 3.05) is 19.7 Å². The first kappa shape index (κ1) is 12.0. The van der Waals surface area contributed by atoms with Crippen molar-refractivity contribution in [3.63, 3.8) is 0 Å². The van der Waals surface area contributed by atoms with E-state index in [1.165, 1.54) is 51.6 Å². The van der Waals surface area contributed by atoms with E-state index in [-0.39, 0.29) is 0 Å². The number of aliphatic hydroxyl groups is 1. The van der Waals surface area contributed by atoms with Crippen molar-refractivity contribution in [3.05, 3.63) is 0 Å². The zero-order valence-electron chi connectivity index (χ0n) is 9.54.